The highest BCUT2D eigenvalue weighted by atomic mass is 19.4. The third kappa shape index (κ3) is 5.22. The SMILES string of the molecule is CCCNC(CCC(F)(F)F)c1cc(C)nn1CC. The Bertz CT molecular complexity index is 385. The van der Waals surface area contributed by atoms with Gasteiger partial charge in [0.2, 0.25) is 0 Å². The monoisotopic (exact) mass is 277 g/mol. The summed E-state index contributed by atoms with van der Waals surface area (Å²) in [6, 6.07) is 1.58. The van der Waals surface area contributed by atoms with Gasteiger partial charge in [-0.1, -0.05) is 6.92 Å². The Morgan fingerprint density at radius 3 is 2.58 bits per heavy atom. The lowest BCUT2D eigenvalue weighted by atomic mass is 10.1. The summed E-state index contributed by atoms with van der Waals surface area (Å²) in [6.07, 6.45) is -3.95. The second kappa shape index (κ2) is 6.93. The maximum atomic E-state index is 12.4. The van der Waals surface area contributed by atoms with Crippen molar-refractivity contribution in [3.05, 3.63) is 17.5 Å². The summed E-state index contributed by atoms with van der Waals surface area (Å²) in [5.74, 6) is 0. The van der Waals surface area contributed by atoms with E-state index in [0.29, 0.717) is 13.1 Å². The number of hydrogen-bond donors (Lipinski definition) is 1. The zero-order chi connectivity index (χ0) is 14.5. The van der Waals surface area contributed by atoms with Crippen LogP contribution in [0.25, 0.3) is 0 Å². The molecule has 3 nitrogen and oxygen atoms in total. The van der Waals surface area contributed by atoms with Gasteiger partial charge in [-0.05, 0) is 39.3 Å². The molecule has 0 saturated heterocycles. The normalized spacial score (nSPS) is 13.8. The van der Waals surface area contributed by atoms with Gasteiger partial charge < -0.3 is 5.32 Å². The minimum atomic E-state index is -4.11. The summed E-state index contributed by atoms with van der Waals surface area (Å²) in [5, 5.41) is 7.48. The Labute approximate surface area is 112 Å². The minimum absolute atomic E-state index is 0.0502. The number of hydrogen-bond acceptors (Lipinski definition) is 2. The van der Waals surface area contributed by atoms with E-state index in [0.717, 1.165) is 17.8 Å². The predicted octanol–water partition coefficient (Wildman–Crippen LogP) is 3.59. The summed E-state index contributed by atoms with van der Waals surface area (Å²) in [4.78, 5) is 0. The lowest BCUT2D eigenvalue weighted by Gasteiger charge is -2.20. The third-order valence-corrected chi connectivity index (χ3v) is 2.95. The van der Waals surface area contributed by atoms with Gasteiger partial charge in [0, 0.05) is 19.0 Å². The van der Waals surface area contributed by atoms with E-state index in [9.17, 15) is 13.2 Å². The molecule has 1 aromatic heterocycles. The van der Waals surface area contributed by atoms with Gasteiger partial charge in [0.05, 0.1) is 11.4 Å². The second-order valence-corrected chi connectivity index (χ2v) is 4.69. The van der Waals surface area contributed by atoms with Crippen LogP contribution in [0.5, 0.6) is 0 Å². The highest BCUT2D eigenvalue weighted by Crippen LogP contribution is 2.28. The summed E-state index contributed by atoms with van der Waals surface area (Å²) < 4.78 is 39.0. The van der Waals surface area contributed by atoms with Gasteiger partial charge in [-0.2, -0.15) is 18.3 Å². The number of nitrogens with zero attached hydrogens (tertiary/aromatic N) is 2. The molecule has 0 bridgehead atoms. The van der Waals surface area contributed by atoms with Crippen molar-refractivity contribution in [2.24, 2.45) is 0 Å². The van der Waals surface area contributed by atoms with E-state index in [1.807, 2.05) is 26.8 Å². The number of nitrogens with one attached hydrogen (secondary N) is 1. The molecule has 0 spiro atoms. The van der Waals surface area contributed by atoms with Gasteiger partial charge in [-0.15, -0.1) is 0 Å². The number of rotatable bonds is 7. The van der Waals surface area contributed by atoms with Crippen LogP contribution in [0.15, 0.2) is 6.07 Å². The molecule has 1 aromatic rings. The highest BCUT2D eigenvalue weighted by Gasteiger charge is 2.29. The quantitative estimate of drug-likeness (QED) is 0.825. The van der Waals surface area contributed by atoms with E-state index in [2.05, 4.69) is 10.4 Å². The Hall–Kier alpha value is -1.04. The Balaban J connectivity index is 2.82. The molecule has 0 amide bonds. The zero-order valence-electron chi connectivity index (χ0n) is 11.7. The molecule has 19 heavy (non-hydrogen) atoms. The molecule has 0 fully saturated rings. The van der Waals surface area contributed by atoms with E-state index < -0.39 is 12.6 Å². The molecule has 6 heteroatoms. The number of aryl methyl sites for hydroxylation is 2. The molecule has 0 radical (unpaired) electrons. The fourth-order valence-corrected chi connectivity index (χ4v) is 2.08. The fraction of sp³-hybridized carbons (Fsp3) is 0.769. The molecule has 1 rings (SSSR count). The third-order valence-electron chi connectivity index (χ3n) is 2.95. The number of alkyl halides is 3. The molecule has 0 saturated carbocycles. The van der Waals surface area contributed by atoms with Crippen LogP contribution in [-0.2, 0) is 6.54 Å². The standard InChI is InChI=1S/C13H22F3N3/c1-4-8-17-11(6-7-13(14,15)16)12-9-10(3)18-19(12)5-2/h9,11,17H,4-8H2,1-3H3. The molecule has 0 aromatic carbocycles. The molecule has 1 unspecified atom stereocenters. The molecular weight excluding hydrogens is 255 g/mol. The van der Waals surface area contributed by atoms with Crippen molar-refractivity contribution in [3.8, 4) is 0 Å². The smallest absolute Gasteiger partial charge is 0.309 e. The van der Waals surface area contributed by atoms with Crippen LogP contribution in [0, 0.1) is 6.92 Å². The average molecular weight is 277 g/mol. The zero-order valence-corrected chi connectivity index (χ0v) is 11.7. The molecule has 0 aliphatic rings. The van der Waals surface area contributed by atoms with Crippen molar-refractivity contribution in [3.63, 3.8) is 0 Å². The molecule has 0 aliphatic carbocycles. The van der Waals surface area contributed by atoms with Crippen LogP contribution < -0.4 is 5.32 Å². The van der Waals surface area contributed by atoms with E-state index in [1.165, 1.54) is 0 Å². The average Bonchev–Trinajstić information content (AvgIpc) is 2.69. The molecule has 1 heterocycles. The predicted molar refractivity (Wildman–Crippen MR) is 69.0 cm³/mol. The van der Waals surface area contributed by atoms with Crippen molar-refractivity contribution in [2.75, 3.05) is 6.54 Å². The van der Waals surface area contributed by atoms with Crippen molar-refractivity contribution in [2.45, 2.75) is 58.8 Å². The van der Waals surface area contributed by atoms with Crippen molar-refractivity contribution >= 4 is 0 Å². The summed E-state index contributed by atoms with van der Waals surface area (Å²) in [7, 11) is 0. The molecule has 1 atom stereocenters. The first-order valence-corrected chi connectivity index (χ1v) is 6.71. The van der Waals surface area contributed by atoms with E-state index in [-0.39, 0.29) is 12.5 Å². The van der Waals surface area contributed by atoms with E-state index in [1.54, 1.807) is 4.68 Å². The Morgan fingerprint density at radius 2 is 2.05 bits per heavy atom. The van der Waals surface area contributed by atoms with Crippen LogP contribution >= 0.6 is 0 Å². The van der Waals surface area contributed by atoms with Gasteiger partial charge in [0.1, 0.15) is 0 Å². The number of aromatic nitrogens is 2. The fourth-order valence-electron chi connectivity index (χ4n) is 2.08. The lowest BCUT2D eigenvalue weighted by molar-refractivity contribution is -0.136. The van der Waals surface area contributed by atoms with Gasteiger partial charge in [0.25, 0.3) is 0 Å². The largest absolute Gasteiger partial charge is 0.389 e. The maximum absolute atomic E-state index is 12.4. The topological polar surface area (TPSA) is 29.9 Å². The van der Waals surface area contributed by atoms with Crippen molar-refractivity contribution in [1.29, 1.82) is 0 Å². The molecule has 0 aliphatic heterocycles. The first-order valence-electron chi connectivity index (χ1n) is 6.71. The number of halogens is 3. The minimum Gasteiger partial charge on any atom is -0.309 e. The van der Waals surface area contributed by atoms with Crippen LogP contribution in [0.2, 0.25) is 0 Å². The summed E-state index contributed by atoms with van der Waals surface area (Å²) in [6.45, 7) is 7.17. The van der Waals surface area contributed by atoms with E-state index >= 15 is 0 Å². The summed E-state index contributed by atoms with van der Waals surface area (Å²) in [5.41, 5.74) is 1.69. The van der Waals surface area contributed by atoms with Crippen molar-refractivity contribution < 1.29 is 13.2 Å². The van der Waals surface area contributed by atoms with Gasteiger partial charge in [-0.3, -0.25) is 4.68 Å². The Morgan fingerprint density at radius 1 is 1.37 bits per heavy atom. The molecule has 1 N–H and O–H groups in total. The van der Waals surface area contributed by atoms with E-state index in [4.69, 9.17) is 0 Å². The van der Waals surface area contributed by atoms with Crippen LogP contribution in [0.3, 0.4) is 0 Å². The molecular formula is C13H22F3N3. The highest BCUT2D eigenvalue weighted by molar-refractivity contribution is 5.13. The first-order chi connectivity index (χ1) is 8.87. The van der Waals surface area contributed by atoms with Crippen molar-refractivity contribution in [1.82, 2.24) is 15.1 Å². The van der Waals surface area contributed by atoms with Gasteiger partial charge >= 0.3 is 6.18 Å². The van der Waals surface area contributed by atoms with Crippen LogP contribution in [0.1, 0.15) is 50.5 Å². The Kier molecular flexibility index (Phi) is 5.85. The van der Waals surface area contributed by atoms with Crippen LogP contribution in [-0.4, -0.2) is 22.5 Å². The first kappa shape index (κ1) is 16.0. The maximum Gasteiger partial charge on any atom is 0.389 e. The van der Waals surface area contributed by atoms with Gasteiger partial charge in [-0.25, -0.2) is 0 Å². The molecule has 110 valence electrons. The second-order valence-electron chi connectivity index (χ2n) is 4.69. The summed E-state index contributed by atoms with van der Waals surface area (Å²) >= 11 is 0. The lowest BCUT2D eigenvalue weighted by Crippen LogP contribution is -2.26. The van der Waals surface area contributed by atoms with Crippen LogP contribution in [0.4, 0.5) is 13.2 Å². The van der Waals surface area contributed by atoms with Gasteiger partial charge in [0.15, 0.2) is 0 Å².